The van der Waals surface area contributed by atoms with Gasteiger partial charge in [0, 0.05) is 10.0 Å². The summed E-state index contributed by atoms with van der Waals surface area (Å²) in [6, 6.07) is 13.0. The summed E-state index contributed by atoms with van der Waals surface area (Å²) < 4.78 is 6.09. The number of benzene rings is 2. The molecule has 0 aliphatic heterocycles. The molecule has 0 unspecified atom stereocenters. The van der Waals surface area contributed by atoms with Crippen LogP contribution >= 0.6 is 15.9 Å². The second-order valence-corrected chi connectivity index (χ2v) is 5.03. The molecule has 19 heavy (non-hydrogen) atoms. The van der Waals surface area contributed by atoms with Gasteiger partial charge in [0.25, 0.3) is 5.91 Å². The second kappa shape index (κ2) is 5.89. The highest BCUT2D eigenvalue weighted by Gasteiger charge is 2.11. The van der Waals surface area contributed by atoms with Gasteiger partial charge in [0.1, 0.15) is 5.75 Å². The van der Waals surface area contributed by atoms with E-state index in [9.17, 15) is 4.79 Å². The molecule has 2 aromatic rings. The van der Waals surface area contributed by atoms with Gasteiger partial charge in [-0.3, -0.25) is 4.79 Å². The van der Waals surface area contributed by atoms with Crippen LogP contribution in [0.25, 0.3) is 0 Å². The summed E-state index contributed by atoms with van der Waals surface area (Å²) in [4.78, 5) is 12.3. The van der Waals surface area contributed by atoms with E-state index in [0.29, 0.717) is 17.0 Å². The van der Waals surface area contributed by atoms with Crippen molar-refractivity contribution < 1.29 is 9.53 Å². The molecule has 0 bridgehead atoms. The van der Waals surface area contributed by atoms with E-state index in [1.54, 1.807) is 13.2 Å². The number of hydrogen-bond acceptors (Lipinski definition) is 2. The van der Waals surface area contributed by atoms with E-state index in [-0.39, 0.29) is 5.91 Å². The number of hydrogen-bond donors (Lipinski definition) is 1. The van der Waals surface area contributed by atoms with Crippen LogP contribution in [0, 0.1) is 6.92 Å². The fourth-order valence-corrected chi connectivity index (χ4v) is 2.14. The molecular weight excluding hydrogens is 306 g/mol. The molecule has 0 heterocycles. The number of methoxy groups -OCH3 is 1. The second-order valence-electron chi connectivity index (χ2n) is 4.11. The number of halogens is 1. The lowest BCUT2D eigenvalue weighted by atomic mass is 10.1. The van der Waals surface area contributed by atoms with Crippen molar-refractivity contribution >= 4 is 27.5 Å². The first-order chi connectivity index (χ1) is 9.11. The first-order valence-corrected chi connectivity index (χ1v) is 6.61. The Bertz CT molecular complexity index is 611. The maximum absolute atomic E-state index is 12.3. The Morgan fingerprint density at radius 3 is 2.68 bits per heavy atom. The minimum atomic E-state index is -0.150. The maximum Gasteiger partial charge on any atom is 0.256 e. The molecule has 0 fully saturated rings. The number of para-hydroxylation sites is 2. The fraction of sp³-hybridized carbons (Fsp3) is 0.133. The number of rotatable bonds is 3. The fourth-order valence-electron chi connectivity index (χ4n) is 1.78. The van der Waals surface area contributed by atoms with Gasteiger partial charge in [0.05, 0.1) is 12.8 Å². The summed E-state index contributed by atoms with van der Waals surface area (Å²) in [5, 5.41) is 2.86. The predicted molar refractivity (Wildman–Crippen MR) is 79.8 cm³/mol. The average Bonchev–Trinajstić information content (AvgIpc) is 2.42. The molecule has 98 valence electrons. The van der Waals surface area contributed by atoms with Crippen LogP contribution in [-0.2, 0) is 0 Å². The lowest BCUT2D eigenvalue weighted by molar-refractivity contribution is 0.102. The number of amides is 1. The van der Waals surface area contributed by atoms with Gasteiger partial charge in [0.15, 0.2) is 0 Å². The van der Waals surface area contributed by atoms with Crippen molar-refractivity contribution in [1.82, 2.24) is 0 Å². The smallest absolute Gasteiger partial charge is 0.256 e. The molecule has 0 aromatic heterocycles. The topological polar surface area (TPSA) is 38.3 Å². The predicted octanol–water partition coefficient (Wildman–Crippen LogP) is 4.02. The third kappa shape index (κ3) is 3.15. The maximum atomic E-state index is 12.3. The van der Waals surface area contributed by atoms with Crippen molar-refractivity contribution in [3.63, 3.8) is 0 Å². The van der Waals surface area contributed by atoms with E-state index >= 15 is 0 Å². The molecule has 2 aromatic carbocycles. The van der Waals surface area contributed by atoms with Crippen molar-refractivity contribution in [3.8, 4) is 5.75 Å². The molecule has 0 atom stereocenters. The van der Waals surface area contributed by atoms with E-state index in [0.717, 1.165) is 10.0 Å². The van der Waals surface area contributed by atoms with Crippen molar-refractivity contribution in [1.29, 1.82) is 0 Å². The number of aryl methyl sites for hydroxylation is 1. The van der Waals surface area contributed by atoms with Crippen LogP contribution in [0.5, 0.6) is 5.75 Å². The largest absolute Gasteiger partial charge is 0.495 e. The molecule has 0 radical (unpaired) electrons. The Hall–Kier alpha value is -1.81. The number of carbonyl (C=O) groups excluding carboxylic acids is 1. The standard InChI is InChI=1S/C15H14BrNO2/c1-10-7-8-11(16)9-12(10)15(18)17-13-5-3-4-6-14(13)19-2/h3-9H,1-2H3,(H,17,18). The van der Waals surface area contributed by atoms with E-state index in [2.05, 4.69) is 21.2 Å². The van der Waals surface area contributed by atoms with Crippen LogP contribution < -0.4 is 10.1 Å². The van der Waals surface area contributed by atoms with Crippen LogP contribution in [0.2, 0.25) is 0 Å². The molecule has 0 spiro atoms. The minimum absolute atomic E-state index is 0.150. The van der Waals surface area contributed by atoms with Crippen LogP contribution in [0.15, 0.2) is 46.9 Å². The number of ether oxygens (including phenoxy) is 1. The molecule has 3 nitrogen and oxygen atoms in total. The number of anilines is 1. The molecule has 4 heteroatoms. The molecule has 0 aliphatic rings. The zero-order chi connectivity index (χ0) is 13.8. The first kappa shape index (κ1) is 13.6. The monoisotopic (exact) mass is 319 g/mol. The van der Waals surface area contributed by atoms with E-state index in [4.69, 9.17) is 4.74 Å². The molecule has 1 N–H and O–H groups in total. The average molecular weight is 320 g/mol. The minimum Gasteiger partial charge on any atom is -0.495 e. The van der Waals surface area contributed by atoms with Crippen LogP contribution in [0.3, 0.4) is 0 Å². The summed E-state index contributed by atoms with van der Waals surface area (Å²) in [6.07, 6.45) is 0. The van der Waals surface area contributed by atoms with E-state index in [1.165, 1.54) is 0 Å². The molecule has 1 amide bonds. The highest BCUT2D eigenvalue weighted by atomic mass is 79.9. The van der Waals surface area contributed by atoms with Gasteiger partial charge in [-0.25, -0.2) is 0 Å². The first-order valence-electron chi connectivity index (χ1n) is 5.82. The third-order valence-electron chi connectivity index (χ3n) is 2.80. The van der Waals surface area contributed by atoms with Crippen molar-refractivity contribution in [2.24, 2.45) is 0 Å². The Morgan fingerprint density at radius 1 is 1.21 bits per heavy atom. The highest BCUT2D eigenvalue weighted by Crippen LogP contribution is 2.24. The van der Waals surface area contributed by atoms with Gasteiger partial charge < -0.3 is 10.1 Å². The summed E-state index contributed by atoms with van der Waals surface area (Å²) in [5.41, 5.74) is 2.23. The van der Waals surface area contributed by atoms with Crippen LogP contribution in [0.1, 0.15) is 15.9 Å². The van der Waals surface area contributed by atoms with Gasteiger partial charge in [-0.15, -0.1) is 0 Å². The number of carbonyl (C=O) groups is 1. The van der Waals surface area contributed by atoms with Gasteiger partial charge in [0.2, 0.25) is 0 Å². The van der Waals surface area contributed by atoms with Crippen LogP contribution in [0.4, 0.5) is 5.69 Å². The van der Waals surface area contributed by atoms with E-state index < -0.39 is 0 Å². The Labute approximate surface area is 120 Å². The lowest BCUT2D eigenvalue weighted by Crippen LogP contribution is -2.14. The van der Waals surface area contributed by atoms with Crippen molar-refractivity contribution in [3.05, 3.63) is 58.1 Å². The van der Waals surface area contributed by atoms with Crippen molar-refractivity contribution in [2.45, 2.75) is 6.92 Å². The highest BCUT2D eigenvalue weighted by molar-refractivity contribution is 9.10. The molecule has 0 aliphatic carbocycles. The van der Waals surface area contributed by atoms with Crippen molar-refractivity contribution in [2.75, 3.05) is 12.4 Å². The third-order valence-corrected chi connectivity index (χ3v) is 3.29. The SMILES string of the molecule is COc1ccccc1NC(=O)c1cc(Br)ccc1C. The van der Waals surface area contributed by atoms with Gasteiger partial charge in [-0.05, 0) is 36.8 Å². The Morgan fingerprint density at radius 2 is 1.95 bits per heavy atom. The molecule has 0 saturated carbocycles. The molecule has 2 rings (SSSR count). The quantitative estimate of drug-likeness (QED) is 0.928. The lowest BCUT2D eigenvalue weighted by Gasteiger charge is -2.11. The van der Waals surface area contributed by atoms with E-state index in [1.807, 2.05) is 43.3 Å². The Kier molecular flexibility index (Phi) is 4.22. The Balaban J connectivity index is 2.28. The van der Waals surface area contributed by atoms with Gasteiger partial charge in [-0.2, -0.15) is 0 Å². The van der Waals surface area contributed by atoms with Gasteiger partial charge in [-0.1, -0.05) is 34.1 Å². The number of nitrogens with one attached hydrogen (secondary N) is 1. The zero-order valence-electron chi connectivity index (χ0n) is 10.7. The molecular formula is C15H14BrNO2. The summed E-state index contributed by atoms with van der Waals surface area (Å²) in [7, 11) is 1.58. The summed E-state index contributed by atoms with van der Waals surface area (Å²) in [6.45, 7) is 1.91. The summed E-state index contributed by atoms with van der Waals surface area (Å²) in [5.74, 6) is 0.492. The normalized spacial score (nSPS) is 10.1. The summed E-state index contributed by atoms with van der Waals surface area (Å²) >= 11 is 3.37. The molecule has 0 saturated heterocycles. The van der Waals surface area contributed by atoms with Crippen LogP contribution in [-0.4, -0.2) is 13.0 Å². The van der Waals surface area contributed by atoms with Gasteiger partial charge >= 0.3 is 0 Å². The zero-order valence-corrected chi connectivity index (χ0v) is 12.3.